The van der Waals surface area contributed by atoms with Crippen molar-refractivity contribution in [1.29, 1.82) is 0 Å². The van der Waals surface area contributed by atoms with Crippen molar-refractivity contribution in [1.82, 2.24) is 10.6 Å². The smallest absolute Gasteiger partial charge is 0.410 e. The third-order valence-electron chi connectivity index (χ3n) is 3.00. The van der Waals surface area contributed by atoms with Crippen LogP contribution in [0.2, 0.25) is 0 Å². The molecule has 1 aliphatic rings. The number of likely N-dealkylation sites (tertiary alicyclic amines) is 1. The van der Waals surface area contributed by atoms with E-state index in [-0.39, 0.29) is 6.61 Å². The molecule has 5 nitrogen and oxygen atoms in total. The fourth-order valence-corrected chi connectivity index (χ4v) is 2.06. The topological polar surface area (TPSA) is 70.4 Å². The summed E-state index contributed by atoms with van der Waals surface area (Å²) in [5.74, 6) is -0.718. The van der Waals surface area contributed by atoms with Crippen molar-refractivity contribution in [3.05, 3.63) is 35.9 Å². The van der Waals surface area contributed by atoms with E-state index in [1.165, 1.54) is 4.90 Å². The fourth-order valence-electron chi connectivity index (χ4n) is 2.06. The average molecular weight is 247 g/mol. The summed E-state index contributed by atoms with van der Waals surface area (Å²) in [5, 5.41) is 0. The standard InChI is InChI=1S/C13H15N2O3/c14-12(16)11-7-4-8-15(11)13(17)18-9-10-5-2-1-3-6-10/h1-3,5-6,11,14H,4,7-9H2. The number of amides is 2. The molecule has 1 heterocycles. The Bertz CT molecular complexity index is 433. The van der Waals surface area contributed by atoms with E-state index in [2.05, 4.69) is 0 Å². The highest BCUT2D eigenvalue weighted by molar-refractivity contribution is 5.84. The minimum atomic E-state index is -0.718. The molecule has 18 heavy (non-hydrogen) atoms. The number of nitrogens with one attached hydrogen (secondary N) is 1. The molecule has 1 aromatic carbocycles. The normalized spacial score (nSPS) is 18.7. The Labute approximate surface area is 106 Å². The Morgan fingerprint density at radius 3 is 2.72 bits per heavy atom. The highest BCUT2D eigenvalue weighted by Crippen LogP contribution is 2.18. The third kappa shape index (κ3) is 2.80. The van der Waals surface area contributed by atoms with E-state index in [1.807, 2.05) is 30.3 Å². The van der Waals surface area contributed by atoms with Crippen molar-refractivity contribution < 1.29 is 14.3 Å². The van der Waals surface area contributed by atoms with Crippen molar-refractivity contribution in [3.8, 4) is 0 Å². The summed E-state index contributed by atoms with van der Waals surface area (Å²) in [4.78, 5) is 24.2. The van der Waals surface area contributed by atoms with E-state index in [0.717, 1.165) is 12.0 Å². The molecule has 1 fully saturated rings. The highest BCUT2D eigenvalue weighted by Gasteiger charge is 2.33. The van der Waals surface area contributed by atoms with Gasteiger partial charge in [0.1, 0.15) is 12.6 Å². The van der Waals surface area contributed by atoms with Crippen LogP contribution < -0.4 is 5.73 Å². The van der Waals surface area contributed by atoms with Gasteiger partial charge < -0.3 is 4.74 Å². The van der Waals surface area contributed by atoms with E-state index in [9.17, 15) is 9.59 Å². The van der Waals surface area contributed by atoms with Crippen molar-refractivity contribution >= 4 is 12.0 Å². The third-order valence-corrected chi connectivity index (χ3v) is 3.00. The van der Waals surface area contributed by atoms with Gasteiger partial charge in [-0.3, -0.25) is 15.4 Å². The van der Waals surface area contributed by atoms with Gasteiger partial charge in [0.25, 0.3) is 5.91 Å². The van der Waals surface area contributed by atoms with Crippen molar-refractivity contribution in [3.63, 3.8) is 0 Å². The lowest BCUT2D eigenvalue weighted by Crippen LogP contribution is -2.41. The molecule has 1 N–H and O–H groups in total. The number of ether oxygens (including phenoxy) is 1. The monoisotopic (exact) mass is 247 g/mol. The molecule has 1 aliphatic heterocycles. The summed E-state index contributed by atoms with van der Waals surface area (Å²) in [6.45, 7) is 0.679. The molecule has 0 spiro atoms. The molecule has 1 aromatic rings. The van der Waals surface area contributed by atoms with Gasteiger partial charge in [-0.1, -0.05) is 30.3 Å². The summed E-state index contributed by atoms with van der Waals surface area (Å²) >= 11 is 0. The minimum Gasteiger partial charge on any atom is -0.445 e. The molecule has 2 amide bonds. The molecule has 2 rings (SSSR count). The molecule has 0 bridgehead atoms. The quantitative estimate of drug-likeness (QED) is 0.814. The predicted molar refractivity (Wildman–Crippen MR) is 64.5 cm³/mol. The Hall–Kier alpha value is -2.04. The van der Waals surface area contributed by atoms with E-state index < -0.39 is 18.0 Å². The van der Waals surface area contributed by atoms with Crippen molar-refractivity contribution in [2.45, 2.75) is 25.5 Å². The number of hydrogen-bond donors (Lipinski definition) is 0. The van der Waals surface area contributed by atoms with Gasteiger partial charge in [0.2, 0.25) is 0 Å². The largest absolute Gasteiger partial charge is 0.445 e. The average Bonchev–Trinajstić information content (AvgIpc) is 2.86. The molecule has 95 valence electrons. The lowest BCUT2D eigenvalue weighted by atomic mass is 10.2. The van der Waals surface area contributed by atoms with Crippen molar-refractivity contribution in [2.24, 2.45) is 0 Å². The molecular weight excluding hydrogens is 232 g/mol. The van der Waals surface area contributed by atoms with Crippen LogP contribution in [0.4, 0.5) is 4.79 Å². The summed E-state index contributed by atoms with van der Waals surface area (Å²) in [6, 6.07) is 8.73. The zero-order chi connectivity index (χ0) is 13.0. The minimum absolute atomic E-state index is 0.190. The van der Waals surface area contributed by atoms with E-state index in [4.69, 9.17) is 10.5 Å². The summed E-state index contributed by atoms with van der Waals surface area (Å²) in [7, 11) is 0. The second-order valence-corrected chi connectivity index (χ2v) is 4.26. The zero-order valence-corrected chi connectivity index (χ0v) is 9.96. The van der Waals surface area contributed by atoms with Crippen LogP contribution in [0.5, 0.6) is 0 Å². The van der Waals surface area contributed by atoms with Crippen LogP contribution in [0.15, 0.2) is 30.3 Å². The lowest BCUT2D eigenvalue weighted by Gasteiger charge is -2.21. The first kappa shape index (κ1) is 12.4. The first-order valence-electron chi connectivity index (χ1n) is 5.91. The lowest BCUT2D eigenvalue weighted by molar-refractivity contribution is -0.122. The number of hydrogen-bond acceptors (Lipinski definition) is 3. The van der Waals surface area contributed by atoms with Gasteiger partial charge in [0.05, 0.1) is 0 Å². The molecule has 1 unspecified atom stereocenters. The highest BCUT2D eigenvalue weighted by atomic mass is 16.6. The molecule has 1 atom stereocenters. The van der Waals surface area contributed by atoms with Crippen LogP contribution in [-0.4, -0.2) is 29.5 Å². The first-order chi connectivity index (χ1) is 8.68. The maximum Gasteiger partial charge on any atom is 0.410 e. The van der Waals surface area contributed by atoms with Crippen LogP contribution in [-0.2, 0) is 16.1 Å². The van der Waals surface area contributed by atoms with Crippen LogP contribution in [0, 0.1) is 0 Å². The van der Waals surface area contributed by atoms with Crippen molar-refractivity contribution in [2.75, 3.05) is 6.54 Å². The van der Waals surface area contributed by atoms with E-state index in [0.29, 0.717) is 13.0 Å². The Balaban J connectivity index is 1.90. The number of benzene rings is 1. The van der Waals surface area contributed by atoms with Crippen LogP contribution in [0.3, 0.4) is 0 Å². The van der Waals surface area contributed by atoms with E-state index in [1.54, 1.807) is 0 Å². The summed E-state index contributed by atoms with van der Waals surface area (Å²) in [5.41, 5.74) is 8.01. The van der Waals surface area contributed by atoms with Gasteiger partial charge in [-0.15, -0.1) is 0 Å². The van der Waals surface area contributed by atoms with Crippen LogP contribution in [0.25, 0.3) is 0 Å². The number of nitrogens with zero attached hydrogens (tertiary/aromatic N) is 1. The number of carbonyl (C=O) groups excluding carboxylic acids is 2. The molecule has 5 heteroatoms. The Kier molecular flexibility index (Phi) is 3.82. The van der Waals surface area contributed by atoms with Gasteiger partial charge in [0, 0.05) is 6.54 Å². The Morgan fingerprint density at radius 2 is 2.06 bits per heavy atom. The maximum atomic E-state index is 11.8. The SMILES string of the molecule is [NH]C(=O)C1CCCN1C(=O)OCc1ccccc1. The van der Waals surface area contributed by atoms with E-state index >= 15 is 0 Å². The Morgan fingerprint density at radius 1 is 1.33 bits per heavy atom. The molecule has 0 saturated carbocycles. The van der Waals surface area contributed by atoms with Crippen LogP contribution in [0.1, 0.15) is 18.4 Å². The van der Waals surface area contributed by atoms with Gasteiger partial charge >= 0.3 is 6.09 Å². The molecule has 1 radical (unpaired) electrons. The molecule has 0 aromatic heterocycles. The van der Waals surface area contributed by atoms with Gasteiger partial charge in [-0.05, 0) is 18.4 Å². The van der Waals surface area contributed by atoms with Crippen LogP contribution >= 0.6 is 0 Å². The van der Waals surface area contributed by atoms with Gasteiger partial charge in [-0.2, -0.15) is 0 Å². The number of carbonyl (C=O) groups is 2. The van der Waals surface area contributed by atoms with Gasteiger partial charge in [-0.25, -0.2) is 4.79 Å². The molecular formula is C13H15N2O3. The maximum absolute atomic E-state index is 11.8. The fraction of sp³-hybridized carbons (Fsp3) is 0.385. The zero-order valence-electron chi connectivity index (χ0n) is 9.96. The second-order valence-electron chi connectivity index (χ2n) is 4.26. The first-order valence-corrected chi connectivity index (χ1v) is 5.91. The summed E-state index contributed by atoms with van der Waals surface area (Å²) < 4.78 is 5.14. The van der Waals surface area contributed by atoms with Gasteiger partial charge in [0.15, 0.2) is 0 Å². The molecule has 1 saturated heterocycles. The predicted octanol–water partition coefficient (Wildman–Crippen LogP) is 1.60. The molecule has 0 aliphatic carbocycles. The summed E-state index contributed by atoms with van der Waals surface area (Å²) in [6.07, 6.45) is 0.792. The second kappa shape index (κ2) is 5.53. The number of rotatable bonds is 3.